The Kier molecular flexibility index (Phi) is 3.87. The van der Waals surface area contributed by atoms with E-state index in [0.29, 0.717) is 18.6 Å². The zero-order chi connectivity index (χ0) is 13.9. The highest BCUT2D eigenvalue weighted by Crippen LogP contribution is 2.22. The number of amides is 1. The molecular weight excluding hydrogens is 259 g/mol. The lowest BCUT2D eigenvalue weighted by Gasteiger charge is -2.09. The second-order valence-electron chi connectivity index (χ2n) is 5.55. The Morgan fingerprint density at radius 2 is 2.00 bits per heavy atom. The first-order valence-electron chi connectivity index (χ1n) is 7.14. The van der Waals surface area contributed by atoms with Gasteiger partial charge in [-0.25, -0.2) is 4.39 Å². The fourth-order valence-electron chi connectivity index (χ4n) is 1.96. The first-order valence-corrected chi connectivity index (χ1v) is 7.14. The second kappa shape index (κ2) is 5.79. The zero-order valence-corrected chi connectivity index (χ0v) is 11.3. The van der Waals surface area contributed by atoms with Crippen LogP contribution < -0.4 is 15.4 Å². The molecule has 2 N–H and O–H groups in total. The molecule has 20 heavy (non-hydrogen) atoms. The molecule has 1 aromatic rings. The van der Waals surface area contributed by atoms with Gasteiger partial charge in [0, 0.05) is 18.6 Å². The van der Waals surface area contributed by atoms with Crippen molar-refractivity contribution < 1.29 is 13.9 Å². The quantitative estimate of drug-likeness (QED) is 0.798. The van der Waals surface area contributed by atoms with Gasteiger partial charge in [-0.2, -0.15) is 0 Å². The summed E-state index contributed by atoms with van der Waals surface area (Å²) in [7, 11) is 0. The van der Waals surface area contributed by atoms with Crippen LogP contribution in [-0.2, 0) is 11.3 Å². The van der Waals surface area contributed by atoms with Crippen molar-refractivity contribution in [3.05, 3.63) is 29.6 Å². The maximum absolute atomic E-state index is 13.8. The van der Waals surface area contributed by atoms with Crippen molar-refractivity contribution >= 4 is 5.91 Å². The molecule has 0 saturated heterocycles. The minimum absolute atomic E-state index is 0.131. The number of hydrogen-bond acceptors (Lipinski definition) is 3. The molecule has 0 bridgehead atoms. The summed E-state index contributed by atoms with van der Waals surface area (Å²) in [6.07, 6.45) is 4.48. The van der Waals surface area contributed by atoms with Gasteiger partial charge in [-0.3, -0.25) is 4.79 Å². The monoisotopic (exact) mass is 278 g/mol. The molecule has 108 valence electrons. The van der Waals surface area contributed by atoms with Gasteiger partial charge in [0.2, 0.25) is 0 Å². The van der Waals surface area contributed by atoms with Crippen molar-refractivity contribution in [3.8, 4) is 5.75 Å². The number of benzene rings is 1. The third kappa shape index (κ3) is 3.93. The lowest BCUT2D eigenvalue weighted by atomic mass is 10.2. The van der Waals surface area contributed by atoms with E-state index in [2.05, 4.69) is 10.6 Å². The van der Waals surface area contributed by atoms with Gasteiger partial charge >= 0.3 is 0 Å². The average molecular weight is 278 g/mol. The first kappa shape index (κ1) is 13.4. The van der Waals surface area contributed by atoms with Crippen LogP contribution in [0.4, 0.5) is 4.39 Å². The van der Waals surface area contributed by atoms with E-state index >= 15 is 0 Å². The summed E-state index contributed by atoms with van der Waals surface area (Å²) in [6.45, 7) is 0.539. The molecule has 1 aromatic carbocycles. The van der Waals surface area contributed by atoms with Gasteiger partial charge in [-0.05, 0) is 43.4 Å². The minimum atomic E-state index is -0.417. The van der Waals surface area contributed by atoms with E-state index in [1.165, 1.54) is 18.9 Å². The van der Waals surface area contributed by atoms with Crippen LogP contribution >= 0.6 is 0 Å². The molecule has 1 amide bonds. The van der Waals surface area contributed by atoms with E-state index < -0.39 is 5.82 Å². The van der Waals surface area contributed by atoms with Crippen molar-refractivity contribution in [2.75, 3.05) is 6.61 Å². The van der Waals surface area contributed by atoms with Crippen molar-refractivity contribution in [1.29, 1.82) is 0 Å². The third-order valence-electron chi connectivity index (χ3n) is 3.47. The zero-order valence-electron chi connectivity index (χ0n) is 11.3. The molecule has 0 aromatic heterocycles. The number of carbonyl (C=O) groups is 1. The van der Waals surface area contributed by atoms with E-state index in [1.807, 2.05) is 6.07 Å². The normalized spacial score (nSPS) is 17.9. The van der Waals surface area contributed by atoms with Crippen LogP contribution in [0, 0.1) is 5.82 Å². The van der Waals surface area contributed by atoms with E-state index in [9.17, 15) is 9.18 Å². The lowest BCUT2D eigenvalue weighted by Crippen LogP contribution is -2.30. The van der Waals surface area contributed by atoms with Crippen molar-refractivity contribution in [1.82, 2.24) is 10.6 Å². The van der Waals surface area contributed by atoms with Crippen LogP contribution in [0.25, 0.3) is 0 Å². The van der Waals surface area contributed by atoms with Crippen LogP contribution in [0.15, 0.2) is 18.2 Å². The fraction of sp³-hybridized carbons (Fsp3) is 0.533. The van der Waals surface area contributed by atoms with Gasteiger partial charge in [0.05, 0.1) is 0 Å². The topological polar surface area (TPSA) is 50.4 Å². The summed E-state index contributed by atoms with van der Waals surface area (Å²) < 4.78 is 19.0. The highest BCUT2D eigenvalue weighted by molar-refractivity contribution is 5.78. The summed E-state index contributed by atoms with van der Waals surface area (Å²) in [5, 5.41) is 6.12. The molecule has 0 heterocycles. The van der Waals surface area contributed by atoms with Gasteiger partial charge in [0.1, 0.15) is 0 Å². The average Bonchev–Trinajstić information content (AvgIpc) is 3.30. The molecule has 0 radical (unpaired) electrons. The Hall–Kier alpha value is -1.62. The van der Waals surface area contributed by atoms with E-state index in [4.69, 9.17) is 4.74 Å². The van der Waals surface area contributed by atoms with Crippen LogP contribution in [0.3, 0.4) is 0 Å². The number of ether oxygens (including phenoxy) is 1. The Balaban J connectivity index is 1.48. The lowest BCUT2D eigenvalue weighted by molar-refractivity contribution is -0.123. The van der Waals surface area contributed by atoms with Gasteiger partial charge in [-0.1, -0.05) is 6.07 Å². The van der Waals surface area contributed by atoms with Crippen molar-refractivity contribution in [2.45, 2.75) is 44.3 Å². The summed E-state index contributed by atoms with van der Waals surface area (Å²) in [4.78, 5) is 11.5. The molecule has 2 fully saturated rings. The molecule has 0 unspecified atom stereocenters. The van der Waals surface area contributed by atoms with Gasteiger partial charge in [-0.15, -0.1) is 0 Å². The summed E-state index contributed by atoms with van der Waals surface area (Å²) in [6, 6.07) is 5.77. The molecule has 3 rings (SSSR count). The van der Waals surface area contributed by atoms with E-state index in [0.717, 1.165) is 18.4 Å². The minimum Gasteiger partial charge on any atom is -0.481 e. The molecule has 0 aliphatic heterocycles. The summed E-state index contributed by atoms with van der Waals surface area (Å²) >= 11 is 0. The Morgan fingerprint density at radius 3 is 2.65 bits per heavy atom. The molecule has 5 heteroatoms. The maximum Gasteiger partial charge on any atom is 0.258 e. The van der Waals surface area contributed by atoms with E-state index in [-0.39, 0.29) is 18.3 Å². The summed E-state index contributed by atoms with van der Waals surface area (Å²) in [5.74, 6) is -0.475. The Morgan fingerprint density at radius 1 is 1.25 bits per heavy atom. The molecule has 2 saturated carbocycles. The maximum atomic E-state index is 13.8. The number of nitrogens with one attached hydrogen (secondary N) is 2. The van der Waals surface area contributed by atoms with Gasteiger partial charge in [0.25, 0.3) is 5.91 Å². The predicted molar refractivity (Wildman–Crippen MR) is 72.9 cm³/mol. The second-order valence-corrected chi connectivity index (χ2v) is 5.55. The smallest absolute Gasteiger partial charge is 0.258 e. The summed E-state index contributed by atoms with van der Waals surface area (Å²) in [5.41, 5.74) is 0.893. The van der Waals surface area contributed by atoms with Crippen LogP contribution in [0.1, 0.15) is 31.2 Å². The van der Waals surface area contributed by atoms with Crippen LogP contribution in [-0.4, -0.2) is 24.6 Å². The first-order chi connectivity index (χ1) is 9.70. The van der Waals surface area contributed by atoms with Crippen LogP contribution in [0.2, 0.25) is 0 Å². The Labute approximate surface area is 117 Å². The van der Waals surface area contributed by atoms with Gasteiger partial charge < -0.3 is 15.4 Å². The highest BCUT2D eigenvalue weighted by Gasteiger charge is 2.23. The largest absolute Gasteiger partial charge is 0.481 e. The molecule has 0 spiro atoms. The van der Waals surface area contributed by atoms with Crippen LogP contribution in [0.5, 0.6) is 5.75 Å². The third-order valence-corrected chi connectivity index (χ3v) is 3.47. The number of carbonyl (C=O) groups excluding carboxylic acids is 1. The Bertz CT molecular complexity index is 499. The number of hydrogen-bond donors (Lipinski definition) is 2. The van der Waals surface area contributed by atoms with E-state index in [1.54, 1.807) is 6.07 Å². The molecule has 4 nitrogen and oxygen atoms in total. The van der Waals surface area contributed by atoms with Gasteiger partial charge in [0.15, 0.2) is 18.2 Å². The standard InChI is InChI=1S/C15H19FN2O2/c16-13-7-10(8-17-11-2-3-11)1-6-14(13)20-9-15(19)18-12-4-5-12/h1,6-7,11-12,17H,2-5,8-9H2,(H,18,19). The fourth-order valence-corrected chi connectivity index (χ4v) is 1.96. The molecule has 2 aliphatic carbocycles. The highest BCUT2D eigenvalue weighted by atomic mass is 19.1. The van der Waals surface area contributed by atoms with Crippen molar-refractivity contribution in [3.63, 3.8) is 0 Å². The molecule has 0 atom stereocenters. The van der Waals surface area contributed by atoms with Crippen molar-refractivity contribution in [2.24, 2.45) is 0 Å². The predicted octanol–water partition coefficient (Wildman–Crippen LogP) is 1.74. The SMILES string of the molecule is O=C(COc1ccc(CNC2CC2)cc1F)NC1CC1. The number of halogens is 1. The number of rotatable bonds is 7. The molecule has 2 aliphatic rings. The molecular formula is C15H19FN2O2.